The van der Waals surface area contributed by atoms with Crippen LogP contribution in [0.3, 0.4) is 0 Å². The smallest absolute Gasteiger partial charge is 0.225 e. The number of hydrogen-bond donors (Lipinski definition) is 1. The summed E-state index contributed by atoms with van der Waals surface area (Å²) in [6.07, 6.45) is 1.72. The molecule has 2 aliphatic heterocycles. The van der Waals surface area contributed by atoms with Crippen LogP contribution in [0.4, 0.5) is 14.7 Å². The number of likely N-dealkylation sites (tertiary alicyclic amines) is 1. The fourth-order valence-electron chi connectivity index (χ4n) is 4.37. The van der Waals surface area contributed by atoms with E-state index in [1.165, 1.54) is 6.07 Å². The van der Waals surface area contributed by atoms with Crippen molar-refractivity contribution >= 4 is 11.9 Å². The van der Waals surface area contributed by atoms with E-state index in [1.807, 2.05) is 24.8 Å². The first kappa shape index (κ1) is 22.5. The van der Waals surface area contributed by atoms with Crippen LogP contribution in [0.5, 0.6) is 0 Å². The Morgan fingerprint density at radius 2 is 2.00 bits per heavy atom. The van der Waals surface area contributed by atoms with E-state index >= 15 is 0 Å². The van der Waals surface area contributed by atoms with Crippen LogP contribution < -0.4 is 10.2 Å². The number of amides is 1. The van der Waals surface area contributed by atoms with E-state index in [1.54, 1.807) is 12.3 Å². The first-order chi connectivity index (χ1) is 15.4. The molecule has 0 radical (unpaired) electrons. The van der Waals surface area contributed by atoms with Crippen LogP contribution in [0.25, 0.3) is 0 Å². The number of hydrogen-bond acceptors (Lipinski definition) is 6. The van der Waals surface area contributed by atoms with Crippen molar-refractivity contribution < 1.29 is 18.3 Å². The second-order valence-electron chi connectivity index (χ2n) is 8.66. The summed E-state index contributed by atoms with van der Waals surface area (Å²) in [4.78, 5) is 26.3. The third-order valence-corrected chi connectivity index (χ3v) is 5.93. The topological polar surface area (TPSA) is 70.6 Å². The quantitative estimate of drug-likeness (QED) is 0.736. The first-order valence-corrected chi connectivity index (χ1v) is 11.0. The average molecular weight is 446 g/mol. The van der Waals surface area contributed by atoms with Gasteiger partial charge in [0.1, 0.15) is 0 Å². The Labute approximate surface area is 186 Å². The maximum atomic E-state index is 14.2. The zero-order chi connectivity index (χ0) is 22.7. The molecule has 7 nitrogen and oxygen atoms in total. The summed E-state index contributed by atoms with van der Waals surface area (Å²) >= 11 is 0. The van der Waals surface area contributed by atoms with Gasteiger partial charge in [-0.3, -0.25) is 9.69 Å². The van der Waals surface area contributed by atoms with Gasteiger partial charge in [-0.1, -0.05) is 12.1 Å². The zero-order valence-corrected chi connectivity index (χ0v) is 18.4. The van der Waals surface area contributed by atoms with Crippen molar-refractivity contribution in [3.8, 4) is 0 Å². The molecule has 9 heteroatoms. The number of nitrogens with zero attached hydrogens (tertiary/aromatic N) is 4. The van der Waals surface area contributed by atoms with Crippen molar-refractivity contribution in [1.29, 1.82) is 0 Å². The zero-order valence-electron chi connectivity index (χ0n) is 18.4. The van der Waals surface area contributed by atoms with Crippen LogP contribution in [-0.4, -0.2) is 66.2 Å². The summed E-state index contributed by atoms with van der Waals surface area (Å²) < 4.78 is 33.3. The number of anilines is 1. The molecule has 0 aliphatic carbocycles. The second-order valence-corrected chi connectivity index (χ2v) is 8.66. The Kier molecular flexibility index (Phi) is 6.95. The number of carbonyl (C=O) groups is 1. The van der Waals surface area contributed by atoms with Gasteiger partial charge in [-0.2, -0.15) is 0 Å². The van der Waals surface area contributed by atoms with E-state index in [9.17, 15) is 13.6 Å². The third-order valence-electron chi connectivity index (χ3n) is 5.93. The molecule has 0 spiro atoms. The molecule has 1 aromatic carbocycles. The number of nitrogens with one attached hydrogen (secondary N) is 1. The van der Waals surface area contributed by atoms with Gasteiger partial charge in [0, 0.05) is 56.4 Å². The normalized spacial score (nSPS) is 21.8. The monoisotopic (exact) mass is 445 g/mol. The molecule has 1 aromatic heterocycles. The highest BCUT2D eigenvalue weighted by molar-refractivity contribution is 5.80. The number of rotatable bonds is 6. The summed E-state index contributed by atoms with van der Waals surface area (Å²) in [6, 6.07) is 6.04. The molecule has 0 saturated carbocycles. The van der Waals surface area contributed by atoms with E-state index in [2.05, 4.69) is 15.2 Å². The average Bonchev–Trinajstić information content (AvgIpc) is 3.21. The van der Waals surface area contributed by atoms with Gasteiger partial charge < -0.3 is 15.0 Å². The maximum absolute atomic E-state index is 14.2. The lowest BCUT2D eigenvalue weighted by Gasteiger charge is -2.27. The molecule has 2 aliphatic rings. The molecule has 4 rings (SSSR count). The number of aromatic nitrogens is 2. The van der Waals surface area contributed by atoms with Crippen molar-refractivity contribution in [3.63, 3.8) is 0 Å². The highest BCUT2D eigenvalue weighted by atomic mass is 19.2. The minimum Gasteiger partial charge on any atom is -0.378 e. The molecule has 2 fully saturated rings. The van der Waals surface area contributed by atoms with Crippen LogP contribution in [0.15, 0.2) is 30.5 Å². The predicted molar refractivity (Wildman–Crippen MR) is 116 cm³/mol. The van der Waals surface area contributed by atoms with Gasteiger partial charge in [-0.05, 0) is 26.0 Å². The number of halogens is 2. The Morgan fingerprint density at radius 3 is 2.75 bits per heavy atom. The maximum Gasteiger partial charge on any atom is 0.225 e. The summed E-state index contributed by atoms with van der Waals surface area (Å²) in [5, 5.41) is 3.00. The fraction of sp³-hybridized carbons (Fsp3) is 0.522. The summed E-state index contributed by atoms with van der Waals surface area (Å²) in [7, 11) is 0. The van der Waals surface area contributed by atoms with Crippen molar-refractivity contribution in [3.05, 3.63) is 53.4 Å². The van der Waals surface area contributed by atoms with Crippen molar-refractivity contribution in [2.45, 2.75) is 32.4 Å². The molecule has 0 unspecified atom stereocenters. The van der Waals surface area contributed by atoms with Crippen LogP contribution in [0.2, 0.25) is 0 Å². The van der Waals surface area contributed by atoms with E-state index in [-0.39, 0.29) is 35.9 Å². The Hall–Kier alpha value is -2.65. The first-order valence-electron chi connectivity index (χ1n) is 11.0. The molecule has 172 valence electrons. The summed E-state index contributed by atoms with van der Waals surface area (Å²) in [5.41, 5.74) is 1.07. The molecular weight excluding hydrogens is 416 g/mol. The lowest BCUT2D eigenvalue weighted by molar-refractivity contribution is -0.125. The largest absolute Gasteiger partial charge is 0.378 e. The molecule has 3 heterocycles. The van der Waals surface area contributed by atoms with Crippen molar-refractivity contribution in [2.75, 3.05) is 44.3 Å². The minimum atomic E-state index is -0.863. The number of benzene rings is 1. The fourth-order valence-corrected chi connectivity index (χ4v) is 4.37. The van der Waals surface area contributed by atoms with Gasteiger partial charge in [0.05, 0.1) is 24.8 Å². The molecule has 1 amide bonds. The van der Waals surface area contributed by atoms with Gasteiger partial charge >= 0.3 is 0 Å². The second kappa shape index (κ2) is 9.87. The number of morpholine rings is 1. The third kappa shape index (κ3) is 5.05. The number of carbonyl (C=O) groups excluding carboxylic acids is 1. The van der Waals surface area contributed by atoms with Gasteiger partial charge in [0.2, 0.25) is 11.9 Å². The molecule has 2 saturated heterocycles. The number of ether oxygens (including phenoxy) is 1. The molecular formula is C23H29F2N5O2. The molecule has 32 heavy (non-hydrogen) atoms. The van der Waals surface area contributed by atoms with E-state index in [0.717, 1.165) is 24.8 Å². The molecule has 1 N–H and O–H groups in total. The predicted octanol–water partition coefficient (Wildman–Crippen LogP) is 2.33. The molecule has 2 aromatic rings. The highest BCUT2D eigenvalue weighted by Gasteiger charge is 2.40. The summed E-state index contributed by atoms with van der Waals surface area (Å²) in [6.45, 7) is 7.72. The van der Waals surface area contributed by atoms with Crippen molar-refractivity contribution in [2.24, 2.45) is 5.92 Å². The van der Waals surface area contributed by atoms with Gasteiger partial charge in [0.25, 0.3) is 0 Å². The van der Waals surface area contributed by atoms with E-state index in [0.29, 0.717) is 32.3 Å². The van der Waals surface area contributed by atoms with Gasteiger partial charge in [0.15, 0.2) is 11.6 Å². The van der Waals surface area contributed by atoms with Crippen molar-refractivity contribution in [1.82, 2.24) is 20.2 Å². The Balaban J connectivity index is 1.58. The standard InChI is InChI=1S/C23H29F2N5O2/c1-15(2)27-22(31)18-14-29(12-16-4-3-5-19(24)21(16)25)13-17(18)20-6-7-26-23(28-20)30-8-10-32-11-9-30/h3-7,15,17-18H,8-14H2,1-2H3,(H,27,31)/t17-,18-/m0/s1. The van der Waals surface area contributed by atoms with Crippen LogP contribution in [0, 0.1) is 17.6 Å². The highest BCUT2D eigenvalue weighted by Crippen LogP contribution is 2.34. The van der Waals surface area contributed by atoms with Crippen LogP contribution >= 0.6 is 0 Å². The van der Waals surface area contributed by atoms with Crippen LogP contribution in [-0.2, 0) is 16.1 Å². The van der Waals surface area contributed by atoms with Gasteiger partial charge in [-0.25, -0.2) is 18.7 Å². The summed E-state index contributed by atoms with van der Waals surface area (Å²) in [5.74, 6) is -1.65. The Morgan fingerprint density at radius 1 is 1.22 bits per heavy atom. The van der Waals surface area contributed by atoms with E-state index in [4.69, 9.17) is 9.72 Å². The molecule has 0 bridgehead atoms. The Bertz CT molecular complexity index is 952. The van der Waals surface area contributed by atoms with Crippen LogP contribution in [0.1, 0.15) is 31.0 Å². The molecule has 2 atom stereocenters. The lowest BCUT2D eigenvalue weighted by Crippen LogP contribution is -2.39. The minimum absolute atomic E-state index is 0.00664. The van der Waals surface area contributed by atoms with Gasteiger partial charge in [-0.15, -0.1) is 0 Å². The SMILES string of the molecule is CC(C)NC(=O)[C@H]1CN(Cc2cccc(F)c2F)C[C@@H]1c1ccnc(N2CCOCC2)n1. The lowest BCUT2D eigenvalue weighted by atomic mass is 9.91. The van der Waals surface area contributed by atoms with E-state index < -0.39 is 11.6 Å².